The van der Waals surface area contributed by atoms with E-state index in [9.17, 15) is 4.79 Å². The summed E-state index contributed by atoms with van der Waals surface area (Å²) in [7, 11) is 1.67. The SMILES string of the molecule is COc1cccc(Cc2nsc(N3CCCC(C(=O)NCCC(c4ccccc4)c4ccccc4)C3)n2)c1. The summed E-state index contributed by atoms with van der Waals surface area (Å²) in [6.07, 6.45) is 3.40. The van der Waals surface area contributed by atoms with Gasteiger partial charge in [0, 0.05) is 43.5 Å². The van der Waals surface area contributed by atoms with Gasteiger partial charge in [-0.3, -0.25) is 4.79 Å². The summed E-state index contributed by atoms with van der Waals surface area (Å²) in [4.78, 5) is 20.2. The van der Waals surface area contributed by atoms with E-state index in [0.29, 0.717) is 19.5 Å². The van der Waals surface area contributed by atoms with Crippen molar-refractivity contribution in [3.63, 3.8) is 0 Å². The van der Waals surface area contributed by atoms with Gasteiger partial charge in [-0.25, -0.2) is 4.98 Å². The van der Waals surface area contributed by atoms with Crippen LogP contribution in [0, 0.1) is 5.92 Å². The topological polar surface area (TPSA) is 67.3 Å². The fourth-order valence-electron chi connectivity index (χ4n) is 5.16. The van der Waals surface area contributed by atoms with Crippen LogP contribution in [0.15, 0.2) is 84.9 Å². The zero-order valence-electron chi connectivity index (χ0n) is 21.8. The first-order valence-corrected chi connectivity index (χ1v) is 14.0. The average molecular weight is 527 g/mol. The molecule has 1 unspecified atom stereocenters. The van der Waals surface area contributed by atoms with E-state index in [2.05, 4.69) is 69.2 Å². The number of benzene rings is 3. The first-order chi connectivity index (χ1) is 18.7. The molecule has 1 N–H and O–H groups in total. The highest BCUT2D eigenvalue weighted by molar-refractivity contribution is 7.09. The predicted octanol–water partition coefficient (Wildman–Crippen LogP) is 5.69. The molecule has 0 saturated carbocycles. The second-order valence-electron chi connectivity index (χ2n) is 9.76. The van der Waals surface area contributed by atoms with Crippen LogP contribution in [0.5, 0.6) is 5.75 Å². The second-order valence-corrected chi connectivity index (χ2v) is 10.5. The third-order valence-electron chi connectivity index (χ3n) is 7.15. The second kappa shape index (κ2) is 12.7. The van der Waals surface area contributed by atoms with Crippen molar-refractivity contribution < 1.29 is 9.53 Å². The van der Waals surface area contributed by atoms with E-state index in [1.807, 2.05) is 30.3 Å². The van der Waals surface area contributed by atoms with Gasteiger partial charge in [0.05, 0.1) is 13.0 Å². The van der Waals surface area contributed by atoms with Gasteiger partial charge in [0.15, 0.2) is 0 Å². The lowest BCUT2D eigenvalue weighted by Gasteiger charge is -2.31. The number of aromatic nitrogens is 2. The number of anilines is 1. The molecule has 0 bridgehead atoms. The van der Waals surface area contributed by atoms with Gasteiger partial charge in [0.25, 0.3) is 0 Å². The summed E-state index contributed by atoms with van der Waals surface area (Å²) in [6.45, 7) is 2.23. The molecule has 6 nitrogen and oxygen atoms in total. The number of hydrogen-bond donors (Lipinski definition) is 1. The minimum Gasteiger partial charge on any atom is -0.497 e. The lowest BCUT2D eigenvalue weighted by atomic mass is 9.88. The summed E-state index contributed by atoms with van der Waals surface area (Å²) in [5.74, 6) is 1.99. The van der Waals surface area contributed by atoms with Crippen molar-refractivity contribution in [2.45, 2.75) is 31.6 Å². The molecule has 1 aliphatic heterocycles. The number of nitrogens with zero attached hydrogens (tertiary/aromatic N) is 3. The number of carbonyl (C=O) groups excluding carboxylic acids is 1. The Morgan fingerprint density at radius 2 is 1.79 bits per heavy atom. The van der Waals surface area contributed by atoms with E-state index >= 15 is 0 Å². The van der Waals surface area contributed by atoms with Crippen molar-refractivity contribution >= 4 is 22.6 Å². The minimum absolute atomic E-state index is 0.0404. The summed E-state index contributed by atoms with van der Waals surface area (Å²) < 4.78 is 9.91. The molecule has 1 fully saturated rings. The maximum absolute atomic E-state index is 13.2. The Labute approximate surface area is 228 Å². The molecule has 4 aromatic rings. The molecule has 5 rings (SSSR count). The lowest BCUT2D eigenvalue weighted by molar-refractivity contribution is -0.125. The quantitative estimate of drug-likeness (QED) is 0.287. The maximum Gasteiger partial charge on any atom is 0.224 e. The van der Waals surface area contributed by atoms with Crippen molar-refractivity contribution in [1.82, 2.24) is 14.7 Å². The molecule has 1 aliphatic rings. The molecule has 1 atom stereocenters. The van der Waals surface area contributed by atoms with E-state index in [4.69, 9.17) is 9.72 Å². The zero-order valence-corrected chi connectivity index (χ0v) is 22.6. The zero-order chi connectivity index (χ0) is 26.2. The van der Waals surface area contributed by atoms with Gasteiger partial charge >= 0.3 is 0 Å². The van der Waals surface area contributed by atoms with Gasteiger partial charge in [0.1, 0.15) is 11.6 Å². The molecule has 1 aromatic heterocycles. The molecule has 0 spiro atoms. The van der Waals surface area contributed by atoms with Gasteiger partial charge in [-0.2, -0.15) is 4.37 Å². The van der Waals surface area contributed by atoms with E-state index in [-0.39, 0.29) is 17.7 Å². The largest absolute Gasteiger partial charge is 0.497 e. The number of ether oxygens (including phenoxy) is 1. The highest BCUT2D eigenvalue weighted by Gasteiger charge is 2.28. The minimum atomic E-state index is -0.0404. The molecular weight excluding hydrogens is 492 g/mol. The predicted molar refractivity (Wildman–Crippen MR) is 153 cm³/mol. The fraction of sp³-hybridized carbons (Fsp3) is 0.323. The Bertz CT molecular complexity index is 1270. The number of hydrogen-bond acceptors (Lipinski definition) is 6. The average Bonchev–Trinajstić information content (AvgIpc) is 3.45. The Hall–Kier alpha value is -3.71. The normalized spacial score (nSPS) is 15.4. The number of rotatable bonds is 10. The number of nitrogens with one attached hydrogen (secondary N) is 1. The third-order valence-corrected chi connectivity index (χ3v) is 7.97. The van der Waals surface area contributed by atoms with E-state index in [1.165, 1.54) is 22.7 Å². The number of piperidine rings is 1. The van der Waals surface area contributed by atoms with Crippen LogP contribution in [0.4, 0.5) is 5.13 Å². The Balaban J connectivity index is 1.16. The lowest BCUT2D eigenvalue weighted by Crippen LogP contribution is -2.43. The van der Waals surface area contributed by atoms with Crippen LogP contribution in [0.1, 0.15) is 47.7 Å². The Kier molecular flexibility index (Phi) is 8.66. The van der Waals surface area contributed by atoms with Crippen LogP contribution < -0.4 is 15.0 Å². The number of carbonyl (C=O) groups is 1. The molecule has 3 aromatic carbocycles. The maximum atomic E-state index is 13.2. The molecule has 1 amide bonds. The molecular formula is C31H34N4O2S. The highest BCUT2D eigenvalue weighted by Crippen LogP contribution is 2.28. The Morgan fingerprint density at radius 1 is 1.05 bits per heavy atom. The van der Waals surface area contributed by atoms with Gasteiger partial charge in [-0.1, -0.05) is 72.8 Å². The Morgan fingerprint density at radius 3 is 2.50 bits per heavy atom. The molecule has 1 saturated heterocycles. The van der Waals surface area contributed by atoms with Crippen molar-refractivity contribution in [3.05, 3.63) is 107 Å². The molecule has 196 valence electrons. The van der Waals surface area contributed by atoms with Gasteiger partial charge < -0.3 is 15.0 Å². The number of amides is 1. The van der Waals surface area contributed by atoms with Gasteiger partial charge in [-0.15, -0.1) is 0 Å². The van der Waals surface area contributed by atoms with E-state index in [0.717, 1.165) is 48.1 Å². The smallest absolute Gasteiger partial charge is 0.224 e. The highest BCUT2D eigenvalue weighted by atomic mass is 32.1. The molecule has 38 heavy (non-hydrogen) atoms. The van der Waals surface area contributed by atoms with Crippen LogP contribution in [0.25, 0.3) is 0 Å². The van der Waals surface area contributed by atoms with Crippen LogP contribution >= 0.6 is 11.5 Å². The van der Waals surface area contributed by atoms with Gasteiger partial charge in [-0.05, 0) is 48.1 Å². The van der Waals surface area contributed by atoms with Crippen LogP contribution in [-0.2, 0) is 11.2 Å². The first kappa shape index (κ1) is 25.9. The molecule has 0 radical (unpaired) electrons. The van der Waals surface area contributed by atoms with E-state index < -0.39 is 0 Å². The summed E-state index contributed by atoms with van der Waals surface area (Å²) >= 11 is 1.42. The first-order valence-electron chi connectivity index (χ1n) is 13.3. The van der Waals surface area contributed by atoms with Crippen LogP contribution in [-0.4, -0.2) is 42.0 Å². The van der Waals surface area contributed by atoms with Crippen LogP contribution in [0.2, 0.25) is 0 Å². The summed E-state index contributed by atoms with van der Waals surface area (Å²) in [5.41, 5.74) is 3.67. The number of methoxy groups -OCH3 is 1. The molecule has 2 heterocycles. The molecule has 7 heteroatoms. The van der Waals surface area contributed by atoms with Crippen molar-refractivity contribution in [3.8, 4) is 5.75 Å². The van der Waals surface area contributed by atoms with Crippen LogP contribution in [0.3, 0.4) is 0 Å². The third kappa shape index (κ3) is 6.58. The molecule has 0 aliphatic carbocycles. The van der Waals surface area contributed by atoms with Crippen molar-refractivity contribution in [2.24, 2.45) is 5.92 Å². The van der Waals surface area contributed by atoms with E-state index in [1.54, 1.807) is 7.11 Å². The van der Waals surface area contributed by atoms with Gasteiger partial charge in [0.2, 0.25) is 11.0 Å². The standard InChI is InChI=1S/C31H34N4O2S/c1-37-27-16-8-10-23(20-27)21-29-33-31(38-34-29)35-19-9-15-26(22-35)30(36)32-18-17-28(24-11-4-2-5-12-24)25-13-6-3-7-14-25/h2-8,10-14,16,20,26,28H,9,15,17-19,21-22H2,1H3,(H,32,36). The van der Waals surface area contributed by atoms with Crippen molar-refractivity contribution in [2.75, 3.05) is 31.6 Å². The fourth-order valence-corrected chi connectivity index (χ4v) is 5.88. The summed E-state index contributed by atoms with van der Waals surface area (Å²) in [5, 5.41) is 4.13. The summed E-state index contributed by atoms with van der Waals surface area (Å²) in [6, 6.07) is 29.1. The van der Waals surface area contributed by atoms with Crippen molar-refractivity contribution in [1.29, 1.82) is 0 Å². The monoisotopic (exact) mass is 526 g/mol.